The fourth-order valence-electron chi connectivity index (χ4n) is 2.08. The first-order valence-electron chi connectivity index (χ1n) is 6.72. The molecule has 23 heavy (non-hydrogen) atoms. The highest BCUT2D eigenvalue weighted by atomic mass is 32.1. The Morgan fingerprint density at radius 2 is 2.09 bits per heavy atom. The first-order chi connectivity index (χ1) is 10.9. The normalized spacial score (nSPS) is 10.7. The zero-order valence-electron chi connectivity index (χ0n) is 12.3. The van der Waals surface area contributed by atoms with Crippen molar-refractivity contribution in [2.45, 2.75) is 0 Å². The number of nitrogens with two attached hydrogens (primary N) is 2. The van der Waals surface area contributed by atoms with E-state index in [-0.39, 0.29) is 11.9 Å². The number of hydrogen-bond donors (Lipinski definition) is 4. The molecule has 0 spiro atoms. The zero-order valence-corrected chi connectivity index (χ0v) is 13.1. The standard InChI is InChI=1S/C15H15N5O2S/c1-20(15(17)18)14(21)11-6-8-2-3-9(7-10(8)19-11)22-13-5-4-12(16)23-13/h2-7,19H,16H2,1H3,(H3,17,18). The number of aromatic nitrogens is 1. The fraction of sp³-hybridized carbons (Fsp3) is 0.0667. The number of hydrogen-bond acceptors (Lipinski definition) is 5. The number of nitrogen functional groups attached to an aromatic ring is 1. The van der Waals surface area contributed by atoms with Crippen molar-refractivity contribution >= 4 is 39.1 Å². The number of anilines is 1. The molecule has 0 saturated carbocycles. The van der Waals surface area contributed by atoms with Crippen molar-refractivity contribution in [3.63, 3.8) is 0 Å². The minimum absolute atomic E-state index is 0.312. The third-order valence-electron chi connectivity index (χ3n) is 3.31. The van der Waals surface area contributed by atoms with Gasteiger partial charge in [-0.15, -0.1) is 0 Å². The lowest BCUT2D eigenvalue weighted by atomic mass is 10.2. The van der Waals surface area contributed by atoms with Crippen LogP contribution in [0.5, 0.6) is 10.8 Å². The third-order valence-corrected chi connectivity index (χ3v) is 4.10. The number of carbonyl (C=O) groups excluding carboxylic acids is 1. The van der Waals surface area contributed by atoms with Crippen LogP contribution in [0.1, 0.15) is 10.5 Å². The Kier molecular flexibility index (Phi) is 3.67. The third kappa shape index (κ3) is 2.97. The maximum atomic E-state index is 12.2. The van der Waals surface area contributed by atoms with E-state index in [0.717, 1.165) is 15.8 Å². The molecular weight excluding hydrogens is 314 g/mol. The molecule has 0 unspecified atom stereocenters. The van der Waals surface area contributed by atoms with Crippen LogP contribution in [0.4, 0.5) is 5.00 Å². The first kappa shape index (κ1) is 14.9. The number of H-pyrrole nitrogens is 1. The summed E-state index contributed by atoms with van der Waals surface area (Å²) in [6.07, 6.45) is 0. The number of nitrogens with zero attached hydrogens (tertiary/aromatic N) is 1. The van der Waals surface area contributed by atoms with Gasteiger partial charge in [-0.1, -0.05) is 11.3 Å². The quantitative estimate of drug-likeness (QED) is 0.436. The van der Waals surface area contributed by atoms with E-state index in [2.05, 4.69) is 4.98 Å². The maximum Gasteiger partial charge on any atom is 0.276 e. The van der Waals surface area contributed by atoms with Crippen LogP contribution >= 0.6 is 11.3 Å². The van der Waals surface area contributed by atoms with Gasteiger partial charge in [0.2, 0.25) is 0 Å². The van der Waals surface area contributed by atoms with E-state index < -0.39 is 0 Å². The van der Waals surface area contributed by atoms with Crippen LogP contribution in [-0.4, -0.2) is 28.8 Å². The second kappa shape index (κ2) is 5.65. The van der Waals surface area contributed by atoms with Crippen molar-refractivity contribution in [1.29, 1.82) is 5.41 Å². The second-order valence-corrected chi connectivity index (χ2v) is 6.02. The van der Waals surface area contributed by atoms with Gasteiger partial charge in [0, 0.05) is 24.0 Å². The van der Waals surface area contributed by atoms with E-state index in [1.54, 1.807) is 24.3 Å². The number of carbonyl (C=O) groups is 1. The van der Waals surface area contributed by atoms with Gasteiger partial charge in [-0.2, -0.15) is 0 Å². The first-order valence-corrected chi connectivity index (χ1v) is 7.53. The second-order valence-electron chi connectivity index (χ2n) is 4.94. The molecule has 0 atom stereocenters. The van der Waals surface area contributed by atoms with Gasteiger partial charge in [0.25, 0.3) is 5.91 Å². The summed E-state index contributed by atoms with van der Waals surface area (Å²) in [7, 11) is 1.45. The molecule has 2 heterocycles. The summed E-state index contributed by atoms with van der Waals surface area (Å²) in [5, 5.41) is 9.56. The molecule has 3 aromatic rings. The highest BCUT2D eigenvalue weighted by molar-refractivity contribution is 7.17. The maximum absolute atomic E-state index is 12.2. The zero-order chi connectivity index (χ0) is 16.6. The van der Waals surface area contributed by atoms with Crippen LogP contribution < -0.4 is 16.2 Å². The van der Waals surface area contributed by atoms with Crippen molar-refractivity contribution in [2.75, 3.05) is 12.8 Å². The molecule has 0 aliphatic carbocycles. The minimum Gasteiger partial charge on any atom is -0.447 e. The van der Waals surface area contributed by atoms with E-state index in [1.165, 1.54) is 18.4 Å². The molecule has 1 aromatic carbocycles. The van der Waals surface area contributed by atoms with Gasteiger partial charge >= 0.3 is 0 Å². The van der Waals surface area contributed by atoms with Gasteiger partial charge < -0.3 is 21.2 Å². The molecule has 7 nitrogen and oxygen atoms in total. The van der Waals surface area contributed by atoms with Crippen LogP contribution in [0.15, 0.2) is 36.4 Å². The molecule has 8 heteroatoms. The lowest BCUT2D eigenvalue weighted by Crippen LogP contribution is -2.38. The van der Waals surface area contributed by atoms with Crippen molar-refractivity contribution in [1.82, 2.24) is 9.88 Å². The van der Waals surface area contributed by atoms with E-state index >= 15 is 0 Å². The number of benzene rings is 1. The SMILES string of the molecule is CN(C(=N)N)C(=O)c1cc2ccc(Oc3ccc(N)s3)cc2[nH]1. The monoisotopic (exact) mass is 329 g/mol. The van der Waals surface area contributed by atoms with E-state index in [0.29, 0.717) is 21.5 Å². The lowest BCUT2D eigenvalue weighted by molar-refractivity contribution is 0.0864. The molecule has 118 valence electrons. The van der Waals surface area contributed by atoms with Gasteiger partial charge in [0.05, 0.1) is 5.00 Å². The number of aromatic amines is 1. The summed E-state index contributed by atoms with van der Waals surface area (Å²) in [5.74, 6) is -0.0460. The van der Waals surface area contributed by atoms with E-state index in [4.69, 9.17) is 21.6 Å². The van der Waals surface area contributed by atoms with Crippen molar-refractivity contribution in [2.24, 2.45) is 5.73 Å². The predicted molar refractivity (Wildman–Crippen MR) is 91.1 cm³/mol. The molecule has 1 amide bonds. The molecule has 2 aromatic heterocycles. The molecule has 0 radical (unpaired) electrons. The van der Waals surface area contributed by atoms with E-state index in [1.807, 2.05) is 12.1 Å². The summed E-state index contributed by atoms with van der Waals surface area (Å²) in [6, 6.07) is 10.8. The Hall–Kier alpha value is -3.00. The molecule has 0 bridgehead atoms. The molecule has 0 fully saturated rings. The number of amides is 1. The van der Waals surface area contributed by atoms with Crippen molar-refractivity contribution < 1.29 is 9.53 Å². The van der Waals surface area contributed by atoms with Gasteiger partial charge in [-0.3, -0.25) is 15.1 Å². The Morgan fingerprint density at radius 3 is 2.74 bits per heavy atom. The van der Waals surface area contributed by atoms with Gasteiger partial charge in [-0.05, 0) is 30.3 Å². The number of fused-ring (bicyclic) bond motifs is 1. The van der Waals surface area contributed by atoms with Crippen LogP contribution in [0.25, 0.3) is 10.9 Å². The summed E-state index contributed by atoms with van der Waals surface area (Å²) in [6.45, 7) is 0. The number of ether oxygens (including phenoxy) is 1. The smallest absolute Gasteiger partial charge is 0.276 e. The number of thiophene rings is 1. The Morgan fingerprint density at radius 1 is 1.30 bits per heavy atom. The van der Waals surface area contributed by atoms with Crippen LogP contribution in [0, 0.1) is 5.41 Å². The predicted octanol–water partition coefficient (Wildman–Crippen LogP) is 2.57. The Labute approximate surface area is 136 Å². The highest BCUT2D eigenvalue weighted by Gasteiger charge is 2.16. The molecule has 0 saturated heterocycles. The topological polar surface area (TPSA) is 121 Å². The van der Waals surface area contributed by atoms with Gasteiger partial charge in [-0.25, -0.2) is 0 Å². The number of nitrogens with one attached hydrogen (secondary N) is 2. The average molecular weight is 329 g/mol. The van der Waals surface area contributed by atoms with E-state index in [9.17, 15) is 4.79 Å². The lowest BCUT2D eigenvalue weighted by Gasteiger charge is -2.12. The molecule has 0 aliphatic heterocycles. The average Bonchev–Trinajstić information content (AvgIpc) is 3.11. The van der Waals surface area contributed by atoms with Crippen LogP contribution in [0.3, 0.4) is 0 Å². The van der Waals surface area contributed by atoms with Crippen molar-refractivity contribution in [3.8, 4) is 10.8 Å². The summed E-state index contributed by atoms with van der Waals surface area (Å²) >= 11 is 1.35. The molecular formula is C15H15N5O2S. The Balaban J connectivity index is 1.88. The van der Waals surface area contributed by atoms with Gasteiger partial charge in [0.15, 0.2) is 11.0 Å². The number of guanidine groups is 1. The molecule has 0 aliphatic rings. The fourth-order valence-corrected chi connectivity index (χ4v) is 2.72. The van der Waals surface area contributed by atoms with Gasteiger partial charge in [0.1, 0.15) is 11.4 Å². The molecule has 6 N–H and O–H groups in total. The van der Waals surface area contributed by atoms with Crippen LogP contribution in [0.2, 0.25) is 0 Å². The molecule has 3 rings (SSSR count). The summed E-state index contributed by atoms with van der Waals surface area (Å²) in [5.41, 5.74) is 12.1. The highest BCUT2D eigenvalue weighted by Crippen LogP contribution is 2.32. The van der Waals surface area contributed by atoms with Crippen molar-refractivity contribution in [3.05, 3.63) is 42.1 Å². The van der Waals surface area contributed by atoms with Crippen LogP contribution in [-0.2, 0) is 0 Å². The minimum atomic E-state index is -0.373. The summed E-state index contributed by atoms with van der Waals surface area (Å²) < 4.78 is 5.73. The summed E-state index contributed by atoms with van der Waals surface area (Å²) in [4.78, 5) is 16.2. The number of rotatable bonds is 3. The largest absolute Gasteiger partial charge is 0.447 e. The Bertz CT molecular complexity index is 898.